The second-order valence-electron chi connectivity index (χ2n) is 5.62. The number of hydrogen-bond acceptors (Lipinski definition) is 4. The Balaban J connectivity index is 4.67. The van der Waals surface area contributed by atoms with Crippen LogP contribution < -0.4 is 5.32 Å². The molecule has 1 unspecified atom stereocenters. The fraction of sp³-hybridized carbons (Fsp3) is 1.00. The number of nitrogens with one attached hydrogen (secondary N) is 1. The van der Waals surface area contributed by atoms with Crippen molar-refractivity contribution in [1.29, 1.82) is 0 Å². The van der Waals surface area contributed by atoms with E-state index in [0.29, 0.717) is 25.7 Å². The van der Waals surface area contributed by atoms with Gasteiger partial charge in [0.2, 0.25) is 10.0 Å². The summed E-state index contributed by atoms with van der Waals surface area (Å²) in [5.74, 6) is 0. The molecule has 0 aromatic rings. The molecule has 0 heterocycles. The van der Waals surface area contributed by atoms with Crippen molar-refractivity contribution >= 4 is 10.0 Å². The molecular formula is C13H31N3O2S. The first-order valence-corrected chi connectivity index (χ1v) is 8.59. The fourth-order valence-corrected chi connectivity index (χ4v) is 3.28. The maximum Gasteiger partial charge on any atom is 0.218 e. The first-order chi connectivity index (χ1) is 8.71. The van der Waals surface area contributed by atoms with Crippen molar-refractivity contribution in [1.82, 2.24) is 14.5 Å². The minimum absolute atomic E-state index is 0.305. The zero-order chi connectivity index (χ0) is 15.1. The summed E-state index contributed by atoms with van der Waals surface area (Å²) in [6, 6.07) is 0.305. The van der Waals surface area contributed by atoms with E-state index in [9.17, 15) is 8.42 Å². The summed E-state index contributed by atoms with van der Waals surface area (Å²) in [6.45, 7) is 10.3. The lowest BCUT2D eigenvalue weighted by atomic mass is 10.3. The highest BCUT2D eigenvalue weighted by molar-refractivity contribution is 7.89. The van der Waals surface area contributed by atoms with Crippen LogP contribution in [0.1, 0.15) is 34.1 Å². The molecule has 116 valence electrons. The topological polar surface area (TPSA) is 52.7 Å². The van der Waals surface area contributed by atoms with E-state index < -0.39 is 10.0 Å². The van der Waals surface area contributed by atoms with Crippen molar-refractivity contribution in [2.75, 3.05) is 40.3 Å². The smallest absolute Gasteiger partial charge is 0.218 e. The molecule has 0 rings (SSSR count). The summed E-state index contributed by atoms with van der Waals surface area (Å²) in [6.07, 6.45) is 0.844. The molecule has 0 spiro atoms. The Hall–Kier alpha value is -0.170. The highest BCUT2D eigenvalue weighted by atomic mass is 32.2. The molecule has 1 atom stereocenters. The Kier molecular flexibility index (Phi) is 8.81. The number of sulfonamides is 1. The van der Waals surface area contributed by atoms with Crippen LogP contribution in [-0.2, 0) is 10.0 Å². The van der Waals surface area contributed by atoms with Crippen LogP contribution in [0.5, 0.6) is 0 Å². The molecule has 5 nitrogen and oxygen atoms in total. The lowest BCUT2D eigenvalue weighted by Gasteiger charge is -2.27. The Morgan fingerprint density at radius 3 is 2.05 bits per heavy atom. The largest absolute Gasteiger partial charge is 0.313 e. The second kappa shape index (κ2) is 8.89. The van der Waals surface area contributed by atoms with Gasteiger partial charge in [-0.1, -0.05) is 20.8 Å². The number of rotatable bonds is 10. The maximum atomic E-state index is 12.5. The van der Waals surface area contributed by atoms with Crippen LogP contribution >= 0.6 is 0 Å². The molecule has 0 aliphatic carbocycles. The monoisotopic (exact) mass is 293 g/mol. The van der Waals surface area contributed by atoms with Crippen molar-refractivity contribution in [3.8, 4) is 0 Å². The van der Waals surface area contributed by atoms with Gasteiger partial charge in [0.1, 0.15) is 0 Å². The number of hydrogen-bond donors (Lipinski definition) is 1. The van der Waals surface area contributed by atoms with E-state index in [1.54, 1.807) is 11.2 Å². The first kappa shape index (κ1) is 18.8. The highest BCUT2D eigenvalue weighted by Gasteiger charge is 2.27. The van der Waals surface area contributed by atoms with E-state index in [0.717, 1.165) is 13.0 Å². The molecule has 0 amide bonds. The molecule has 0 radical (unpaired) electrons. The van der Waals surface area contributed by atoms with Crippen molar-refractivity contribution in [3.05, 3.63) is 0 Å². The zero-order valence-corrected chi connectivity index (χ0v) is 14.1. The molecule has 6 heteroatoms. The van der Waals surface area contributed by atoms with E-state index >= 15 is 0 Å². The Morgan fingerprint density at radius 2 is 1.63 bits per heavy atom. The molecule has 0 saturated carbocycles. The summed E-state index contributed by atoms with van der Waals surface area (Å²) in [5.41, 5.74) is 0. The maximum absolute atomic E-state index is 12.5. The lowest BCUT2D eigenvalue weighted by Crippen LogP contribution is -2.45. The predicted molar refractivity (Wildman–Crippen MR) is 81.9 cm³/mol. The van der Waals surface area contributed by atoms with Crippen LogP contribution in [0.3, 0.4) is 0 Å². The van der Waals surface area contributed by atoms with Gasteiger partial charge in [0.05, 0.1) is 5.25 Å². The average Bonchev–Trinajstić information content (AvgIpc) is 2.30. The van der Waals surface area contributed by atoms with Gasteiger partial charge in [-0.15, -0.1) is 0 Å². The quantitative estimate of drug-likeness (QED) is 0.652. The van der Waals surface area contributed by atoms with Gasteiger partial charge in [0, 0.05) is 32.2 Å². The molecule has 0 aromatic heterocycles. The second-order valence-corrected chi connectivity index (χ2v) is 7.97. The molecular weight excluding hydrogens is 262 g/mol. The first-order valence-electron chi connectivity index (χ1n) is 7.08. The van der Waals surface area contributed by atoms with Crippen LogP contribution in [0.2, 0.25) is 0 Å². The van der Waals surface area contributed by atoms with Gasteiger partial charge in [0.25, 0.3) is 0 Å². The number of likely N-dealkylation sites (N-methyl/N-ethyl adjacent to an activating group) is 1. The summed E-state index contributed by atoms with van der Waals surface area (Å²) >= 11 is 0. The standard InChI is InChI=1S/C13H31N3O2S/c1-7-8-16(10-9-15(5)6)19(17,18)13(4)11-14-12(2)3/h12-14H,7-11H2,1-6H3. The lowest BCUT2D eigenvalue weighted by molar-refractivity contribution is 0.330. The van der Waals surface area contributed by atoms with Crippen molar-refractivity contribution in [3.63, 3.8) is 0 Å². The van der Waals surface area contributed by atoms with Gasteiger partial charge in [-0.3, -0.25) is 0 Å². The van der Waals surface area contributed by atoms with E-state index in [1.165, 1.54) is 0 Å². The van der Waals surface area contributed by atoms with Gasteiger partial charge in [-0.05, 0) is 27.4 Å². The molecule has 0 saturated heterocycles. The SMILES string of the molecule is CCCN(CCN(C)C)S(=O)(=O)C(C)CNC(C)C. The van der Waals surface area contributed by atoms with Gasteiger partial charge in [0.15, 0.2) is 0 Å². The minimum Gasteiger partial charge on any atom is -0.313 e. The van der Waals surface area contributed by atoms with Gasteiger partial charge < -0.3 is 10.2 Å². The molecule has 0 aromatic carbocycles. The van der Waals surface area contributed by atoms with Gasteiger partial charge >= 0.3 is 0 Å². The zero-order valence-electron chi connectivity index (χ0n) is 13.3. The highest BCUT2D eigenvalue weighted by Crippen LogP contribution is 2.09. The van der Waals surface area contributed by atoms with Gasteiger partial charge in [-0.2, -0.15) is 0 Å². The Morgan fingerprint density at radius 1 is 1.05 bits per heavy atom. The Bertz CT molecular complexity index is 329. The number of nitrogens with zero attached hydrogens (tertiary/aromatic N) is 2. The average molecular weight is 293 g/mol. The summed E-state index contributed by atoms with van der Waals surface area (Å²) in [4.78, 5) is 2.01. The van der Waals surface area contributed by atoms with E-state index in [1.807, 2.05) is 39.8 Å². The van der Waals surface area contributed by atoms with Crippen molar-refractivity contribution < 1.29 is 8.42 Å². The molecule has 1 N–H and O–H groups in total. The van der Waals surface area contributed by atoms with E-state index in [2.05, 4.69) is 5.32 Å². The summed E-state index contributed by atoms with van der Waals surface area (Å²) < 4.78 is 26.7. The van der Waals surface area contributed by atoms with Crippen LogP contribution in [0.25, 0.3) is 0 Å². The van der Waals surface area contributed by atoms with Crippen LogP contribution in [0.15, 0.2) is 0 Å². The van der Waals surface area contributed by atoms with Crippen LogP contribution in [0.4, 0.5) is 0 Å². The summed E-state index contributed by atoms with van der Waals surface area (Å²) in [7, 11) is 0.707. The normalized spacial score (nSPS) is 14.6. The van der Waals surface area contributed by atoms with E-state index in [-0.39, 0.29) is 5.25 Å². The molecule has 0 aliphatic heterocycles. The van der Waals surface area contributed by atoms with Crippen LogP contribution in [-0.4, -0.2) is 69.2 Å². The summed E-state index contributed by atoms with van der Waals surface area (Å²) in [5, 5.41) is 2.81. The fourth-order valence-electron chi connectivity index (χ4n) is 1.69. The molecule has 19 heavy (non-hydrogen) atoms. The third-order valence-electron chi connectivity index (χ3n) is 2.95. The molecule has 0 bridgehead atoms. The van der Waals surface area contributed by atoms with Gasteiger partial charge in [-0.25, -0.2) is 12.7 Å². The predicted octanol–water partition coefficient (Wildman–Crippen LogP) is 0.976. The van der Waals surface area contributed by atoms with Crippen molar-refractivity contribution in [2.24, 2.45) is 0 Å². The minimum atomic E-state index is -3.21. The van der Waals surface area contributed by atoms with E-state index in [4.69, 9.17) is 0 Å². The van der Waals surface area contributed by atoms with Crippen LogP contribution in [0, 0.1) is 0 Å². The Labute approximate surface area is 119 Å². The van der Waals surface area contributed by atoms with Crippen molar-refractivity contribution in [2.45, 2.75) is 45.4 Å². The third kappa shape index (κ3) is 7.25. The molecule has 0 aliphatic rings. The third-order valence-corrected chi connectivity index (χ3v) is 5.22. The molecule has 0 fully saturated rings.